The molecule has 1 aromatic rings. The fourth-order valence-electron chi connectivity index (χ4n) is 1.89. The predicted molar refractivity (Wildman–Crippen MR) is 78.0 cm³/mol. The first kappa shape index (κ1) is 17.8. The number of methoxy groups -OCH3 is 1. The largest absolute Gasteiger partial charge is 0.467 e. The molecule has 0 aliphatic carbocycles. The molecule has 0 saturated heterocycles. The smallest absolute Gasteiger partial charge is 0.418 e. The topological polar surface area (TPSA) is 38.3 Å². The molecule has 7 heteroatoms. The average molecular weight is 368 g/mol. The van der Waals surface area contributed by atoms with Crippen LogP contribution in [0.4, 0.5) is 18.9 Å². The Labute approximate surface area is 130 Å². The van der Waals surface area contributed by atoms with E-state index in [-0.39, 0.29) is 11.6 Å². The third kappa shape index (κ3) is 5.22. The van der Waals surface area contributed by atoms with E-state index in [4.69, 9.17) is 0 Å². The molecule has 1 aromatic carbocycles. The van der Waals surface area contributed by atoms with E-state index in [2.05, 4.69) is 26.0 Å². The number of halogens is 4. The van der Waals surface area contributed by atoms with Crippen LogP contribution in [0.5, 0.6) is 0 Å². The summed E-state index contributed by atoms with van der Waals surface area (Å²) in [5, 5.41) is 2.65. The lowest BCUT2D eigenvalue weighted by Crippen LogP contribution is -2.33. The molecule has 1 N–H and O–H groups in total. The third-order valence-corrected chi connectivity index (χ3v) is 3.30. The van der Waals surface area contributed by atoms with E-state index < -0.39 is 23.8 Å². The summed E-state index contributed by atoms with van der Waals surface area (Å²) >= 11 is 3.02. The van der Waals surface area contributed by atoms with E-state index in [1.807, 2.05) is 13.8 Å². The van der Waals surface area contributed by atoms with Gasteiger partial charge in [-0.2, -0.15) is 13.2 Å². The molecule has 1 unspecified atom stereocenters. The van der Waals surface area contributed by atoms with Gasteiger partial charge in [0.05, 0.1) is 12.7 Å². The summed E-state index contributed by atoms with van der Waals surface area (Å²) in [7, 11) is 1.21. The summed E-state index contributed by atoms with van der Waals surface area (Å²) in [6.45, 7) is 3.76. The van der Waals surface area contributed by atoms with Crippen molar-refractivity contribution in [3.8, 4) is 0 Å². The molecular weight excluding hydrogens is 351 g/mol. The Bertz CT molecular complexity index is 503. The van der Waals surface area contributed by atoms with Crippen LogP contribution in [0.2, 0.25) is 0 Å². The molecular formula is C14H17BrF3NO2. The van der Waals surface area contributed by atoms with Gasteiger partial charge in [-0.25, -0.2) is 4.79 Å². The maximum absolute atomic E-state index is 13.0. The van der Waals surface area contributed by atoms with Gasteiger partial charge in [0.25, 0.3) is 0 Å². The van der Waals surface area contributed by atoms with Gasteiger partial charge in [0.15, 0.2) is 0 Å². The zero-order valence-electron chi connectivity index (χ0n) is 11.9. The van der Waals surface area contributed by atoms with Gasteiger partial charge in [0.1, 0.15) is 6.04 Å². The second-order valence-corrected chi connectivity index (χ2v) is 5.95. The minimum atomic E-state index is -4.51. The quantitative estimate of drug-likeness (QED) is 0.780. The molecule has 21 heavy (non-hydrogen) atoms. The minimum absolute atomic E-state index is 0.131. The number of benzene rings is 1. The first-order valence-electron chi connectivity index (χ1n) is 6.36. The predicted octanol–water partition coefficient (Wildman–Crippen LogP) is 4.47. The van der Waals surface area contributed by atoms with Crippen LogP contribution >= 0.6 is 15.9 Å². The molecule has 0 radical (unpaired) electrons. The molecule has 0 aliphatic rings. The van der Waals surface area contributed by atoms with Gasteiger partial charge in [0.2, 0.25) is 0 Å². The summed E-state index contributed by atoms with van der Waals surface area (Å²) in [6.07, 6.45) is -4.13. The molecule has 0 heterocycles. The number of hydrogen-bond acceptors (Lipinski definition) is 3. The van der Waals surface area contributed by atoms with Gasteiger partial charge in [-0.1, -0.05) is 29.8 Å². The number of rotatable bonds is 5. The zero-order valence-corrected chi connectivity index (χ0v) is 13.5. The lowest BCUT2D eigenvalue weighted by molar-refractivity contribution is -0.142. The zero-order chi connectivity index (χ0) is 16.2. The van der Waals surface area contributed by atoms with Gasteiger partial charge >= 0.3 is 12.1 Å². The normalized spacial score (nSPS) is 13.1. The van der Waals surface area contributed by atoms with Crippen molar-refractivity contribution in [1.82, 2.24) is 0 Å². The van der Waals surface area contributed by atoms with Crippen molar-refractivity contribution < 1.29 is 22.7 Å². The standard InChI is InChI=1S/C14H17BrF3NO2/c1-8(2)6-12(13(20)21-3)19-11-5-4-9(15)7-10(11)14(16,17)18/h4-5,7-8,12,19H,6H2,1-3H3. The van der Waals surface area contributed by atoms with Crippen molar-refractivity contribution in [2.75, 3.05) is 12.4 Å². The summed E-state index contributed by atoms with van der Waals surface area (Å²) in [5.41, 5.74) is -0.962. The average Bonchev–Trinajstić information content (AvgIpc) is 2.37. The Morgan fingerprint density at radius 3 is 2.48 bits per heavy atom. The fraction of sp³-hybridized carbons (Fsp3) is 0.500. The van der Waals surface area contributed by atoms with Crippen LogP contribution < -0.4 is 5.32 Å². The Hall–Kier alpha value is -1.24. The van der Waals surface area contributed by atoms with Crippen molar-refractivity contribution in [2.45, 2.75) is 32.5 Å². The first-order valence-corrected chi connectivity index (χ1v) is 7.15. The third-order valence-electron chi connectivity index (χ3n) is 2.81. The van der Waals surface area contributed by atoms with Crippen molar-refractivity contribution in [3.63, 3.8) is 0 Å². The van der Waals surface area contributed by atoms with Crippen LogP contribution in [0.15, 0.2) is 22.7 Å². The summed E-state index contributed by atoms with van der Waals surface area (Å²) < 4.78 is 44.1. The molecule has 0 aliphatic heterocycles. The monoisotopic (exact) mass is 367 g/mol. The van der Waals surface area contributed by atoms with Crippen molar-refractivity contribution in [2.24, 2.45) is 5.92 Å². The highest BCUT2D eigenvalue weighted by atomic mass is 79.9. The molecule has 0 fully saturated rings. The highest BCUT2D eigenvalue weighted by Crippen LogP contribution is 2.37. The molecule has 1 rings (SSSR count). The first-order chi connectivity index (χ1) is 9.65. The van der Waals surface area contributed by atoms with E-state index in [1.165, 1.54) is 19.2 Å². The maximum Gasteiger partial charge on any atom is 0.418 e. The second-order valence-electron chi connectivity index (χ2n) is 5.04. The number of hydrogen-bond donors (Lipinski definition) is 1. The van der Waals surface area contributed by atoms with Crippen LogP contribution in [-0.2, 0) is 15.7 Å². The Balaban J connectivity index is 3.11. The molecule has 3 nitrogen and oxygen atoms in total. The number of carbonyl (C=O) groups is 1. The number of alkyl halides is 3. The van der Waals surface area contributed by atoms with Crippen LogP contribution in [0.3, 0.4) is 0 Å². The number of nitrogens with one attached hydrogen (secondary N) is 1. The molecule has 0 spiro atoms. The Morgan fingerprint density at radius 1 is 1.38 bits per heavy atom. The van der Waals surface area contributed by atoms with Crippen LogP contribution in [0, 0.1) is 5.92 Å². The molecule has 1 atom stereocenters. The van der Waals surface area contributed by atoms with E-state index in [1.54, 1.807) is 0 Å². The van der Waals surface area contributed by atoms with E-state index >= 15 is 0 Å². The van der Waals surface area contributed by atoms with Crippen molar-refractivity contribution >= 4 is 27.6 Å². The Morgan fingerprint density at radius 2 is 2.00 bits per heavy atom. The lowest BCUT2D eigenvalue weighted by Gasteiger charge is -2.22. The number of ether oxygens (including phenoxy) is 1. The van der Waals surface area contributed by atoms with Crippen molar-refractivity contribution in [1.29, 1.82) is 0 Å². The maximum atomic E-state index is 13.0. The lowest BCUT2D eigenvalue weighted by atomic mass is 10.0. The molecule has 0 bridgehead atoms. The number of carbonyl (C=O) groups excluding carboxylic acids is 1. The summed E-state index contributed by atoms with van der Waals surface area (Å²) in [4.78, 5) is 11.7. The fourth-order valence-corrected chi connectivity index (χ4v) is 2.25. The van der Waals surface area contributed by atoms with Crippen LogP contribution in [-0.4, -0.2) is 19.1 Å². The Kier molecular flexibility index (Phi) is 6.07. The van der Waals surface area contributed by atoms with Gasteiger partial charge in [0, 0.05) is 10.2 Å². The van der Waals surface area contributed by atoms with Crippen molar-refractivity contribution in [3.05, 3.63) is 28.2 Å². The van der Waals surface area contributed by atoms with Gasteiger partial charge < -0.3 is 10.1 Å². The van der Waals surface area contributed by atoms with Gasteiger partial charge in [-0.3, -0.25) is 0 Å². The second kappa shape index (κ2) is 7.15. The molecule has 0 amide bonds. The van der Waals surface area contributed by atoms with Crippen LogP contribution in [0.1, 0.15) is 25.8 Å². The highest BCUT2D eigenvalue weighted by Gasteiger charge is 2.35. The van der Waals surface area contributed by atoms with E-state index in [0.717, 1.165) is 6.07 Å². The summed E-state index contributed by atoms with van der Waals surface area (Å²) in [5.74, 6) is -0.453. The molecule has 0 saturated carbocycles. The number of anilines is 1. The van der Waals surface area contributed by atoms with Gasteiger partial charge in [-0.15, -0.1) is 0 Å². The highest BCUT2D eigenvalue weighted by molar-refractivity contribution is 9.10. The van der Waals surface area contributed by atoms with E-state index in [0.29, 0.717) is 10.9 Å². The number of esters is 1. The van der Waals surface area contributed by atoms with Gasteiger partial charge in [-0.05, 0) is 30.5 Å². The molecule has 0 aromatic heterocycles. The van der Waals surface area contributed by atoms with Crippen LogP contribution in [0.25, 0.3) is 0 Å². The van der Waals surface area contributed by atoms with E-state index in [9.17, 15) is 18.0 Å². The minimum Gasteiger partial charge on any atom is -0.467 e. The SMILES string of the molecule is COC(=O)C(CC(C)C)Nc1ccc(Br)cc1C(F)(F)F. The summed E-state index contributed by atoms with van der Waals surface area (Å²) in [6, 6.07) is 2.94. The molecule has 118 valence electrons.